The lowest BCUT2D eigenvalue weighted by Crippen LogP contribution is -2.51. The molecular weight excluding hydrogens is 398 g/mol. The van der Waals surface area contributed by atoms with Gasteiger partial charge in [0.2, 0.25) is 0 Å². The first kappa shape index (κ1) is 22.0. The predicted octanol–water partition coefficient (Wildman–Crippen LogP) is 4.90. The van der Waals surface area contributed by atoms with Crippen LogP contribution in [-0.4, -0.2) is 24.9 Å². The van der Waals surface area contributed by atoms with Crippen LogP contribution in [0.5, 0.6) is 11.5 Å². The normalized spacial score (nSPS) is 24.8. The van der Waals surface area contributed by atoms with Gasteiger partial charge in [-0.3, -0.25) is 0 Å². The molecule has 0 amide bonds. The van der Waals surface area contributed by atoms with Crippen molar-refractivity contribution in [2.75, 3.05) is 14.2 Å². The van der Waals surface area contributed by atoms with Crippen molar-refractivity contribution in [1.82, 2.24) is 5.32 Å². The van der Waals surface area contributed by atoms with Crippen LogP contribution in [0.25, 0.3) is 0 Å². The second-order valence-electron chi connectivity index (χ2n) is 8.28. The fourth-order valence-corrected chi connectivity index (χ4v) is 4.31. The predicted molar refractivity (Wildman–Crippen MR) is 127 cm³/mol. The second-order valence-corrected chi connectivity index (χ2v) is 8.28. The van der Waals surface area contributed by atoms with Crippen molar-refractivity contribution in [3.63, 3.8) is 0 Å². The molecule has 0 spiro atoms. The molecule has 0 radical (unpaired) electrons. The van der Waals surface area contributed by atoms with Gasteiger partial charge in [-0.05, 0) is 47.5 Å². The number of ether oxygens (including phenoxy) is 2. The van der Waals surface area contributed by atoms with E-state index in [0.717, 1.165) is 28.2 Å². The van der Waals surface area contributed by atoms with Crippen LogP contribution in [0.15, 0.2) is 78.9 Å². The highest BCUT2D eigenvalue weighted by Gasteiger charge is 2.45. The van der Waals surface area contributed by atoms with E-state index in [0.29, 0.717) is 6.42 Å². The first-order chi connectivity index (χ1) is 15.5. The molecule has 3 aromatic carbocycles. The molecule has 164 valence electrons. The van der Waals surface area contributed by atoms with E-state index in [2.05, 4.69) is 36.2 Å². The fourth-order valence-electron chi connectivity index (χ4n) is 4.31. The Morgan fingerprint density at radius 3 is 1.97 bits per heavy atom. The smallest absolute Gasteiger partial charge is 0.132 e. The van der Waals surface area contributed by atoms with E-state index < -0.39 is 5.60 Å². The minimum Gasteiger partial charge on any atom is -0.497 e. The molecule has 0 unspecified atom stereocenters. The number of hydrogen-bond donors (Lipinski definition) is 2. The molecule has 4 atom stereocenters. The van der Waals surface area contributed by atoms with Crippen LogP contribution < -0.4 is 14.8 Å². The van der Waals surface area contributed by atoms with Gasteiger partial charge in [-0.25, -0.2) is 0 Å². The average Bonchev–Trinajstić information content (AvgIpc) is 2.85. The SMILES string of the molecule is COc1ccc([C@@H]2C[C@](O)(C#Cc3ccccc3)[C@H](C)[C@H](c3ccc(OC)cc3)N2)cc1. The Kier molecular flexibility index (Phi) is 6.50. The first-order valence-electron chi connectivity index (χ1n) is 10.9. The van der Waals surface area contributed by atoms with E-state index in [-0.39, 0.29) is 18.0 Å². The molecule has 1 aliphatic rings. The monoisotopic (exact) mass is 427 g/mol. The number of benzene rings is 3. The first-order valence-corrected chi connectivity index (χ1v) is 10.9. The number of piperidine rings is 1. The quantitative estimate of drug-likeness (QED) is 0.582. The van der Waals surface area contributed by atoms with Crippen LogP contribution in [-0.2, 0) is 0 Å². The molecule has 1 fully saturated rings. The molecule has 0 bridgehead atoms. The van der Waals surface area contributed by atoms with Crippen LogP contribution in [0.3, 0.4) is 0 Å². The lowest BCUT2D eigenvalue weighted by atomic mass is 9.72. The molecule has 1 aliphatic heterocycles. The molecule has 4 nitrogen and oxygen atoms in total. The number of aliphatic hydroxyl groups is 1. The van der Waals surface area contributed by atoms with Crippen molar-refractivity contribution in [1.29, 1.82) is 0 Å². The molecule has 4 heteroatoms. The van der Waals surface area contributed by atoms with Gasteiger partial charge in [0.25, 0.3) is 0 Å². The lowest BCUT2D eigenvalue weighted by Gasteiger charge is -2.45. The van der Waals surface area contributed by atoms with Gasteiger partial charge in [-0.1, -0.05) is 61.2 Å². The van der Waals surface area contributed by atoms with Crippen LogP contribution in [0, 0.1) is 17.8 Å². The van der Waals surface area contributed by atoms with Crippen molar-refractivity contribution in [3.05, 3.63) is 95.6 Å². The zero-order valence-electron chi connectivity index (χ0n) is 18.7. The van der Waals surface area contributed by atoms with Gasteiger partial charge >= 0.3 is 0 Å². The Bertz CT molecular complexity index is 1080. The van der Waals surface area contributed by atoms with Crippen molar-refractivity contribution >= 4 is 0 Å². The molecule has 1 saturated heterocycles. The Labute approximate surface area is 190 Å². The Balaban J connectivity index is 1.71. The van der Waals surface area contributed by atoms with E-state index in [4.69, 9.17) is 9.47 Å². The Morgan fingerprint density at radius 2 is 1.41 bits per heavy atom. The fraction of sp³-hybridized carbons (Fsp3) is 0.286. The summed E-state index contributed by atoms with van der Waals surface area (Å²) in [7, 11) is 3.32. The second kappa shape index (κ2) is 9.48. The maximum Gasteiger partial charge on any atom is 0.132 e. The number of hydrogen-bond acceptors (Lipinski definition) is 4. The van der Waals surface area contributed by atoms with Gasteiger partial charge in [0.15, 0.2) is 0 Å². The van der Waals surface area contributed by atoms with E-state index in [9.17, 15) is 5.11 Å². The van der Waals surface area contributed by atoms with Crippen molar-refractivity contribution in [2.45, 2.75) is 31.0 Å². The topological polar surface area (TPSA) is 50.7 Å². The molecule has 32 heavy (non-hydrogen) atoms. The van der Waals surface area contributed by atoms with Crippen molar-refractivity contribution in [2.24, 2.45) is 5.92 Å². The lowest BCUT2D eigenvalue weighted by molar-refractivity contribution is -0.0196. The van der Waals surface area contributed by atoms with Gasteiger partial charge in [0, 0.05) is 30.0 Å². The van der Waals surface area contributed by atoms with E-state index in [1.807, 2.05) is 66.7 Å². The largest absolute Gasteiger partial charge is 0.497 e. The summed E-state index contributed by atoms with van der Waals surface area (Å²) in [4.78, 5) is 0. The summed E-state index contributed by atoms with van der Waals surface area (Å²) < 4.78 is 10.6. The molecular formula is C28H29NO3. The summed E-state index contributed by atoms with van der Waals surface area (Å²) in [5.74, 6) is 7.92. The van der Waals surface area contributed by atoms with Gasteiger partial charge in [0.1, 0.15) is 17.1 Å². The van der Waals surface area contributed by atoms with E-state index in [1.54, 1.807) is 14.2 Å². The number of nitrogens with one attached hydrogen (secondary N) is 1. The summed E-state index contributed by atoms with van der Waals surface area (Å²) in [6, 6.07) is 25.7. The summed E-state index contributed by atoms with van der Waals surface area (Å²) in [5, 5.41) is 15.6. The summed E-state index contributed by atoms with van der Waals surface area (Å²) in [6.07, 6.45) is 0.493. The molecule has 1 heterocycles. The highest BCUT2D eigenvalue weighted by Crippen LogP contribution is 2.43. The number of methoxy groups -OCH3 is 2. The van der Waals surface area contributed by atoms with Gasteiger partial charge in [-0.2, -0.15) is 0 Å². The Hall–Kier alpha value is -3.26. The van der Waals surface area contributed by atoms with Crippen LogP contribution in [0.4, 0.5) is 0 Å². The highest BCUT2D eigenvalue weighted by molar-refractivity contribution is 5.39. The van der Waals surface area contributed by atoms with E-state index >= 15 is 0 Å². The van der Waals surface area contributed by atoms with Gasteiger partial charge in [0.05, 0.1) is 14.2 Å². The minimum absolute atomic E-state index is 0.0562. The molecule has 3 aromatic rings. The van der Waals surface area contributed by atoms with Crippen LogP contribution >= 0.6 is 0 Å². The summed E-state index contributed by atoms with van der Waals surface area (Å²) in [6.45, 7) is 2.06. The third-order valence-electron chi connectivity index (χ3n) is 6.34. The van der Waals surface area contributed by atoms with E-state index in [1.165, 1.54) is 0 Å². The third kappa shape index (κ3) is 4.65. The maximum absolute atomic E-state index is 11.8. The molecule has 4 rings (SSSR count). The average molecular weight is 428 g/mol. The molecule has 0 aromatic heterocycles. The van der Waals surface area contributed by atoms with Gasteiger partial charge in [-0.15, -0.1) is 0 Å². The standard InChI is InChI=1S/C28H29NO3/c1-20-27(23-11-15-25(32-3)16-12-23)29-26(22-9-13-24(31-2)14-10-22)19-28(20,30)18-17-21-7-5-4-6-8-21/h4-16,20,26-27,29-30H,19H2,1-3H3/t20-,26+,27-,28-/m1/s1. The highest BCUT2D eigenvalue weighted by atomic mass is 16.5. The summed E-state index contributed by atoms with van der Waals surface area (Å²) in [5.41, 5.74) is 1.93. The Morgan fingerprint density at radius 1 is 0.844 bits per heavy atom. The number of rotatable bonds is 4. The maximum atomic E-state index is 11.8. The third-order valence-corrected chi connectivity index (χ3v) is 6.34. The van der Waals surface area contributed by atoms with Crippen LogP contribution in [0.1, 0.15) is 42.1 Å². The van der Waals surface area contributed by atoms with Crippen LogP contribution in [0.2, 0.25) is 0 Å². The van der Waals surface area contributed by atoms with Crippen molar-refractivity contribution in [3.8, 4) is 23.3 Å². The van der Waals surface area contributed by atoms with Gasteiger partial charge < -0.3 is 19.9 Å². The molecule has 0 aliphatic carbocycles. The zero-order chi connectivity index (χ0) is 22.6. The molecule has 0 saturated carbocycles. The summed E-state index contributed by atoms with van der Waals surface area (Å²) >= 11 is 0. The zero-order valence-corrected chi connectivity index (χ0v) is 18.7. The van der Waals surface area contributed by atoms with Crippen molar-refractivity contribution < 1.29 is 14.6 Å². The molecule has 2 N–H and O–H groups in total. The minimum atomic E-state index is -1.16.